The van der Waals surface area contributed by atoms with Gasteiger partial charge in [0.2, 0.25) is 0 Å². The summed E-state index contributed by atoms with van der Waals surface area (Å²) in [5, 5.41) is 3.24. The third-order valence-electron chi connectivity index (χ3n) is 4.93. The molecule has 3 heteroatoms. The Balaban J connectivity index is 2.01. The standard InChI is InChI=1S/C16H23FN2/c1-10-6-16(14(8-15(10)17)11(2)18-3)19-9-12-4-5-13(19)7-12/h6,8,11-13,18H,4-5,7,9H2,1-3H3. The fourth-order valence-corrected chi connectivity index (χ4v) is 3.65. The second-order valence-corrected chi connectivity index (χ2v) is 6.16. The normalized spacial score (nSPS) is 27.1. The van der Waals surface area contributed by atoms with Gasteiger partial charge in [-0.2, -0.15) is 0 Å². The van der Waals surface area contributed by atoms with E-state index >= 15 is 0 Å². The fourth-order valence-electron chi connectivity index (χ4n) is 3.65. The first-order chi connectivity index (χ1) is 9.10. The molecule has 1 aromatic carbocycles. The molecule has 1 N–H and O–H groups in total. The molecule has 2 aliphatic rings. The van der Waals surface area contributed by atoms with Crippen LogP contribution in [0.15, 0.2) is 12.1 Å². The van der Waals surface area contributed by atoms with Crippen molar-refractivity contribution in [3.8, 4) is 0 Å². The van der Waals surface area contributed by atoms with E-state index in [9.17, 15) is 4.39 Å². The van der Waals surface area contributed by atoms with E-state index < -0.39 is 0 Å². The molecule has 3 rings (SSSR count). The van der Waals surface area contributed by atoms with Crippen LogP contribution in [0.25, 0.3) is 0 Å². The Labute approximate surface area is 115 Å². The number of piperidine rings is 1. The minimum Gasteiger partial charge on any atom is -0.368 e. The van der Waals surface area contributed by atoms with Crippen LogP contribution >= 0.6 is 0 Å². The summed E-state index contributed by atoms with van der Waals surface area (Å²) in [6.07, 6.45) is 4.00. The van der Waals surface area contributed by atoms with Crippen LogP contribution in [0.3, 0.4) is 0 Å². The summed E-state index contributed by atoms with van der Waals surface area (Å²) in [6.45, 7) is 5.11. The summed E-state index contributed by atoms with van der Waals surface area (Å²) in [6, 6.07) is 4.62. The Morgan fingerprint density at radius 1 is 1.37 bits per heavy atom. The van der Waals surface area contributed by atoms with Crippen LogP contribution in [-0.2, 0) is 0 Å². The van der Waals surface area contributed by atoms with Crippen LogP contribution in [0.2, 0.25) is 0 Å². The van der Waals surface area contributed by atoms with E-state index in [1.54, 1.807) is 6.07 Å². The Hall–Kier alpha value is -1.09. The largest absolute Gasteiger partial charge is 0.368 e. The highest BCUT2D eigenvalue weighted by Gasteiger charge is 2.38. The van der Waals surface area contributed by atoms with Gasteiger partial charge in [-0.1, -0.05) is 0 Å². The van der Waals surface area contributed by atoms with Crippen molar-refractivity contribution in [2.75, 3.05) is 18.5 Å². The van der Waals surface area contributed by atoms with Crippen molar-refractivity contribution in [3.05, 3.63) is 29.1 Å². The summed E-state index contributed by atoms with van der Waals surface area (Å²) in [7, 11) is 1.93. The molecule has 1 aliphatic carbocycles. The number of fused-ring (bicyclic) bond motifs is 2. The Morgan fingerprint density at radius 2 is 2.16 bits per heavy atom. The van der Waals surface area contributed by atoms with Crippen LogP contribution in [-0.4, -0.2) is 19.6 Å². The Bertz CT molecular complexity index is 486. The number of nitrogens with one attached hydrogen (secondary N) is 1. The van der Waals surface area contributed by atoms with Gasteiger partial charge in [-0.25, -0.2) is 4.39 Å². The molecule has 0 aromatic heterocycles. The lowest BCUT2D eigenvalue weighted by molar-refractivity contribution is 0.546. The summed E-state index contributed by atoms with van der Waals surface area (Å²) in [5.74, 6) is 0.762. The smallest absolute Gasteiger partial charge is 0.126 e. The highest BCUT2D eigenvalue weighted by molar-refractivity contribution is 5.59. The predicted molar refractivity (Wildman–Crippen MR) is 77.1 cm³/mol. The van der Waals surface area contributed by atoms with E-state index in [-0.39, 0.29) is 11.9 Å². The van der Waals surface area contributed by atoms with E-state index in [0.717, 1.165) is 23.6 Å². The molecule has 1 saturated carbocycles. The van der Waals surface area contributed by atoms with Crippen molar-refractivity contribution in [1.29, 1.82) is 0 Å². The molecule has 0 radical (unpaired) electrons. The van der Waals surface area contributed by atoms with Gasteiger partial charge in [-0.15, -0.1) is 0 Å². The second-order valence-electron chi connectivity index (χ2n) is 6.16. The van der Waals surface area contributed by atoms with Crippen LogP contribution < -0.4 is 10.2 Å². The molecule has 0 amide bonds. The molecule has 3 atom stereocenters. The maximum absolute atomic E-state index is 13.9. The average molecular weight is 262 g/mol. The minimum absolute atomic E-state index is 0.0924. The Morgan fingerprint density at radius 3 is 2.74 bits per heavy atom. The first-order valence-corrected chi connectivity index (χ1v) is 7.34. The van der Waals surface area contributed by atoms with Gasteiger partial charge in [0.1, 0.15) is 5.82 Å². The summed E-state index contributed by atoms with van der Waals surface area (Å²) in [5.41, 5.74) is 3.09. The van der Waals surface area contributed by atoms with Crippen molar-refractivity contribution in [3.63, 3.8) is 0 Å². The van der Waals surface area contributed by atoms with E-state index in [4.69, 9.17) is 0 Å². The molecule has 2 fully saturated rings. The molecular formula is C16H23FN2. The number of halogens is 1. The number of aryl methyl sites for hydroxylation is 1. The number of benzene rings is 1. The number of rotatable bonds is 3. The summed E-state index contributed by atoms with van der Waals surface area (Å²) < 4.78 is 13.9. The predicted octanol–water partition coefficient (Wildman–Crippen LogP) is 3.40. The van der Waals surface area contributed by atoms with Crippen LogP contribution in [0.5, 0.6) is 0 Å². The molecular weight excluding hydrogens is 239 g/mol. The van der Waals surface area contributed by atoms with E-state index in [2.05, 4.69) is 17.1 Å². The molecule has 1 aromatic rings. The van der Waals surface area contributed by atoms with Gasteiger partial charge >= 0.3 is 0 Å². The zero-order valence-corrected chi connectivity index (χ0v) is 12.0. The number of anilines is 1. The van der Waals surface area contributed by atoms with Gasteiger partial charge in [-0.05, 0) is 69.3 Å². The monoisotopic (exact) mass is 262 g/mol. The molecule has 19 heavy (non-hydrogen) atoms. The van der Waals surface area contributed by atoms with Crippen LogP contribution in [0, 0.1) is 18.7 Å². The maximum Gasteiger partial charge on any atom is 0.126 e. The van der Waals surface area contributed by atoms with E-state index in [1.165, 1.54) is 24.9 Å². The third-order valence-corrected chi connectivity index (χ3v) is 4.93. The molecule has 2 bridgehead atoms. The highest BCUT2D eigenvalue weighted by Crippen LogP contribution is 2.42. The third kappa shape index (κ3) is 2.14. The second kappa shape index (κ2) is 4.78. The van der Waals surface area contributed by atoms with Gasteiger partial charge in [0.05, 0.1) is 0 Å². The fraction of sp³-hybridized carbons (Fsp3) is 0.625. The van der Waals surface area contributed by atoms with Gasteiger partial charge in [0, 0.05) is 24.3 Å². The van der Waals surface area contributed by atoms with Crippen molar-refractivity contribution < 1.29 is 4.39 Å². The maximum atomic E-state index is 13.9. The van der Waals surface area contributed by atoms with E-state index in [1.807, 2.05) is 20.0 Å². The molecule has 1 heterocycles. The molecule has 1 aliphatic heterocycles. The number of nitrogens with zero attached hydrogens (tertiary/aromatic N) is 1. The van der Waals surface area contributed by atoms with Gasteiger partial charge in [-0.3, -0.25) is 0 Å². The van der Waals surface area contributed by atoms with Gasteiger partial charge < -0.3 is 10.2 Å². The molecule has 104 valence electrons. The minimum atomic E-state index is -0.0924. The van der Waals surface area contributed by atoms with Crippen LogP contribution in [0.1, 0.15) is 43.4 Å². The lowest BCUT2D eigenvalue weighted by atomic mass is 10.0. The summed E-state index contributed by atoms with van der Waals surface area (Å²) >= 11 is 0. The summed E-state index contributed by atoms with van der Waals surface area (Å²) in [4.78, 5) is 2.52. The van der Waals surface area contributed by atoms with Crippen molar-refractivity contribution in [2.45, 2.75) is 45.2 Å². The molecule has 2 nitrogen and oxygen atoms in total. The van der Waals surface area contributed by atoms with Gasteiger partial charge in [0.25, 0.3) is 0 Å². The molecule has 1 saturated heterocycles. The lowest BCUT2D eigenvalue weighted by Gasteiger charge is -2.32. The zero-order chi connectivity index (χ0) is 13.6. The SMILES string of the molecule is CNC(C)c1cc(F)c(C)cc1N1CC2CCC1C2. The van der Waals surface area contributed by atoms with Crippen molar-refractivity contribution in [1.82, 2.24) is 5.32 Å². The Kier molecular flexibility index (Phi) is 3.25. The first kappa shape index (κ1) is 12.9. The van der Waals surface area contributed by atoms with Crippen molar-refractivity contribution >= 4 is 5.69 Å². The quantitative estimate of drug-likeness (QED) is 0.898. The average Bonchev–Trinajstić information content (AvgIpc) is 3.02. The lowest BCUT2D eigenvalue weighted by Crippen LogP contribution is -2.33. The zero-order valence-electron chi connectivity index (χ0n) is 12.0. The van der Waals surface area contributed by atoms with E-state index in [0.29, 0.717) is 6.04 Å². The molecule has 0 spiro atoms. The number of hydrogen-bond acceptors (Lipinski definition) is 2. The van der Waals surface area contributed by atoms with Crippen LogP contribution in [0.4, 0.5) is 10.1 Å². The van der Waals surface area contributed by atoms with Crippen molar-refractivity contribution in [2.24, 2.45) is 5.92 Å². The topological polar surface area (TPSA) is 15.3 Å². The van der Waals surface area contributed by atoms with Gasteiger partial charge in [0.15, 0.2) is 0 Å². The first-order valence-electron chi connectivity index (χ1n) is 7.34. The highest BCUT2D eigenvalue weighted by atomic mass is 19.1. The molecule has 3 unspecified atom stereocenters. The number of hydrogen-bond donors (Lipinski definition) is 1.